The number of phenols is 1. The van der Waals surface area contributed by atoms with Crippen molar-refractivity contribution in [3.63, 3.8) is 0 Å². The van der Waals surface area contributed by atoms with E-state index >= 15 is 0 Å². The molecule has 0 spiro atoms. The Hall–Kier alpha value is -2.50. The standard InChI is InChI=1S/C10H8N2O4/c11-9-6(5-12-16-9)10(14)15-8-4-2-1-3-7(8)13/h1-5,13H,11H2. The quantitative estimate of drug-likeness (QED) is 0.582. The third-order valence-electron chi connectivity index (χ3n) is 1.89. The molecule has 2 rings (SSSR count). The van der Waals surface area contributed by atoms with Crippen LogP contribution in [0.3, 0.4) is 0 Å². The van der Waals surface area contributed by atoms with E-state index in [1.165, 1.54) is 12.1 Å². The smallest absolute Gasteiger partial charge is 0.350 e. The van der Waals surface area contributed by atoms with Gasteiger partial charge in [-0.05, 0) is 12.1 Å². The second-order valence-electron chi connectivity index (χ2n) is 2.96. The molecular weight excluding hydrogens is 212 g/mol. The van der Waals surface area contributed by atoms with E-state index in [9.17, 15) is 9.90 Å². The summed E-state index contributed by atoms with van der Waals surface area (Å²) in [6.07, 6.45) is 1.15. The fourth-order valence-electron chi connectivity index (χ4n) is 1.10. The summed E-state index contributed by atoms with van der Waals surface area (Å²) in [6.45, 7) is 0. The molecule has 0 radical (unpaired) electrons. The highest BCUT2D eigenvalue weighted by molar-refractivity contribution is 5.94. The second-order valence-corrected chi connectivity index (χ2v) is 2.96. The number of nitrogens with zero attached hydrogens (tertiary/aromatic N) is 1. The zero-order chi connectivity index (χ0) is 11.5. The van der Waals surface area contributed by atoms with Gasteiger partial charge in [-0.1, -0.05) is 17.3 Å². The van der Waals surface area contributed by atoms with Crippen molar-refractivity contribution in [1.29, 1.82) is 0 Å². The lowest BCUT2D eigenvalue weighted by Gasteiger charge is -2.03. The molecule has 1 aromatic heterocycles. The largest absolute Gasteiger partial charge is 0.504 e. The summed E-state index contributed by atoms with van der Waals surface area (Å²) in [6, 6.07) is 6.09. The van der Waals surface area contributed by atoms with Crippen LogP contribution in [0.15, 0.2) is 35.0 Å². The minimum atomic E-state index is -0.736. The van der Waals surface area contributed by atoms with Crippen LogP contribution in [0.2, 0.25) is 0 Å². The molecule has 1 aromatic carbocycles. The summed E-state index contributed by atoms with van der Waals surface area (Å²) in [5.74, 6) is -0.945. The first-order valence-electron chi connectivity index (χ1n) is 4.39. The minimum absolute atomic E-state index is 0.0169. The van der Waals surface area contributed by atoms with Crippen molar-refractivity contribution in [1.82, 2.24) is 5.16 Å². The van der Waals surface area contributed by atoms with Crippen LogP contribution in [0.1, 0.15) is 10.4 Å². The Morgan fingerprint density at radius 3 is 2.81 bits per heavy atom. The summed E-state index contributed by atoms with van der Waals surface area (Å²) in [5.41, 5.74) is 5.36. The van der Waals surface area contributed by atoms with Gasteiger partial charge in [0, 0.05) is 0 Å². The molecule has 0 fully saturated rings. The molecule has 0 bridgehead atoms. The topological polar surface area (TPSA) is 98.6 Å². The van der Waals surface area contributed by atoms with Crippen molar-refractivity contribution in [2.45, 2.75) is 0 Å². The maximum absolute atomic E-state index is 11.5. The number of nitrogen functional groups attached to an aromatic ring is 1. The predicted octanol–water partition coefficient (Wildman–Crippen LogP) is 1.18. The first-order chi connectivity index (χ1) is 7.68. The fraction of sp³-hybridized carbons (Fsp3) is 0. The van der Waals surface area contributed by atoms with Crippen LogP contribution in [0.5, 0.6) is 11.5 Å². The number of esters is 1. The Kier molecular flexibility index (Phi) is 2.47. The zero-order valence-corrected chi connectivity index (χ0v) is 8.08. The van der Waals surface area contributed by atoms with Crippen LogP contribution < -0.4 is 10.5 Å². The van der Waals surface area contributed by atoms with Crippen LogP contribution in [0, 0.1) is 0 Å². The number of aromatic nitrogens is 1. The lowest BCUT2D eigenvalue weighted by atomic mass is 10.3. The van der Waals surface area contributed by atoms with Gasteiger partial charge in [0.2, 0.25) is 5.88 Å². The molecule has 16 heavy (non-hydrogen) atoms. The van der Waals surface area contributed by atoms with E-state index in [-0.39, 0.29) is 22.9 Å². The van der Waals surface area contributed by atoms with Gasteiger partial charge in [0.1, 0.15) is 5.56 Å². The molecule has 0 unspecified atom stereocenters. The van der Waals surface area contributed by atoms with Gasteiger partial charge >= 0.3 is 5.97 Å². The summed E-state index contributed by atoms with van der Waals surface area (Å²) in [4.78, 5) is 11.5. The summed E-state index contributed by atoms with van der Waals surface area (Å²) < 4.78 is 9.42. The third-order valence-corrected chi connectivity index (χ3v) is 1.89. The van der Waals surface area contributed by atoms with Crippen molar-refractivity contribution in [2.24, 2.45) is 0 Å². The molecule has 0 saturated heterocycles. The van der Waals surface area contributed by atoms with Crippen molar-refractivity contribution < 1.29 is 19.2 Å². The lowest BCUT2D eigenvalue weighted by molar-refractivity contribution is 0.0730. The van der Waals surface area contributed by atoms with Crippen molar-refractivity contribution in [2.75, 3.05) is 5.73 Å². The number of hydrogen-bond donors (Lipinski definition) is 2. The highest BCUT2D eigenvalue weighted by atomic mass is 16.5. The lowest BCUT2D eigenvalue weighted by Crippen LogP contribution is -2.09. The Morgan fingerprint density at radius 2 is 2.19 bits per heavy atom. The molecule has 0 atom stereocenters. The van der Waals surface area contributed by atoms with Crippen molar-refractivity contribution in [3.8, 4) is 11.5 Å². The van der Waals surface area contributed by atoms with Crippen LogP contribution in [-0.2, 0) is 0 Å². The maximum atomic E-state index is 11.5. The average Bonchev–Trinajstić information content (AvgIpc) is 2.68. The number of benzene rings is 1. The molecule has 0 aliphatic carbocycles. The van der Waals surface area contributed by atoms with E-state index in [4.69, 9.17) is 10.5 Å². The highest BCUT2D eigenvalue weighted by Gasteiger charge is 2.17. The second kappa shape index (κ2) is 3.93. The van der Waals surface area contributed by atoms with Crippen LogP contribution >= 0.6 is 0 Å². The van der Waals surface area contributed by atoms with Crippen LogP contribution in [0.25, 0.3) is 0 Å². The number of anilines is 1. The zero-order valence-electron chi connectivity index (χ0n) is 8.08. The number of para-hydroxylation sites is 2. The van der Waals surface area contributed by atoms with Crippen LogP contribution in [-0.4, -0.2) is 16.2 Å². The number of nitrogens with two attached hydrogens (primary N) is 1. The van der Waals surface area contributed by atoms with Gasteiger partial charge in [0.15, 0.2) is 11.5 Å². The number of aromatic hydroxyl groups is 1. The molecule has 2 aromatic rings. The molecule has 0 amide bonds. The summed E-state index contributed by atoms with van der Waals surface area (Å²) in [7, 11) is 0. The van der Waals surface area contributed by atoms with Gasteiger partial charge in [-0.25, -0.2) is 4.79 Å². The minimum Gasteiger partial charge on any atom is -0.504 e. The number of carbonyl (C=O) groups is 1. The molecule has 6 nitrogen and oxygen atoms in total. The number of hydrogen-bond acceptors (Lipinski definition) is 6. The van der Waals surface area contributed by atoms with Gasteiger partial charge in [-0.15, -0.1) is 0 Å². The Balaban J connectivity index is 2.21. The summed E-state index contributed by atoms with van der Waals surface area (Å²) >= 11 is 0. The van der Waals surface area contributed by atoms with E-state index in [2.05, 4.69) is 9.68 Å². The van der Waals surface area contributed by atoms with Gasteiger partial charge in [0.05, 0.1) is 6.20 Å². The number of carbonyl (C=O) groups excluding carboxylic acids is 1. The molecule has 0 aliphatic heterocycles. The fourth-order valence-corrected chi connectivity index (χ4v) is 1.10. The van der Waals surface area contributed by atoms with Gasteiger partial charge in [-0.3, -0.25) is 0 Å². The average molecular weight is 220 g/mol. The molecule has 82 valence electrons. The maximum Gasteiger partial charge on any atom is 0.350 e. The number of rotatable bonds is 2. The van der Waals surface area contributed by atoms with Gasteiger partial charge in [0.25, 0.3) is 0 Å². The van der Waals surface area contributed by atoms with Crippen LogP contribution in [0.4, 0.5) is 5.88 Å². The molecule has 6 heteroatoms. The monoisotopic (exact) mass is 220 g/mol. The SMILES string of the molecule is Nc1oncc1C(=O)Oc1ccccc1O. The van der Waals surface area contributed by atoms with Gasteiger partial charge in [-0.2, -0.15) is 0 Å². The first kappa shape index (κ1) is 10.0. The van der Waals surface area contributed by atoms with E-state index in [0.717, 1.165) is 6.20 Å². The van der Waals surface area contributed by atoms with E-state index in [1.54, 1.807) is 12.1 Å². The molecule has 0 aliphatic rings. The van der Waals surface area contributed by atoms with E-state index in [1.807, 2.05) is 0 Å². The first-order valence-corrected chi connectivity index (χ1v) is 4.39. The summed E-state index contributed by atoms with van der Waals surface area (Å²) in [5, 5.41) is 12.7. The van der Waals surface area contributed by atoms with E-state index in [0.29, 0.717) is 0 Å². The Bertz CT molecular complexity index is 521. The van der Waals surface area contributed by atoms with Crippen molar-refractivity contribution >= 4 is 11.9 Å². The molecule has 0 saturated carbocycles. The molecular formula is C10H8N2O4. The predicted molar refractivity (Wildman–Crippen MR) is 54.0 cm³/mol. The van der Waals surface area contributed by atoms with Crippen molar-refractivity contribution in [3.05, 3.63) is 36.0 Å². The third kappa shape index (κ3) is 1.81. The highest BCUT2D eigenvalue weighted by Crippen LogP contribution is 2.25. The number of ether oxygens (including phenoxy) is 1. The Morgan fingerprint density at radius 1 is 1.44 bits per heavy atom. The van der Waals surface area contributed by atoms with E-state index < -0.39 is 5.97 Å². The Labute approximate surface area is 90.2 Å². The molecule has 3 N–H and O–H groups in total. The van der Waals surface area contributed by atoms with Gasteiger partial charge < -0.3 is 20.1 Å². The normalized spacial score (nSPS) is 10.0. The molecule has 1 heterocycles. The number of phenolic OH excluding ortho intramolecular Hbond substituents is 1.